The SMILES string of the molecule is Cc1cc2c(cc1C(F)(F)F)N(CCOCc1ccccc1)CCC[C@@H]2N(Cc1cc(C(F)(F)F)cc(C(F)(F)F)c1)c1nnn(CCN)n1. The van der Waals surface area contributed by atoms with Crippen LogP contribution in [0.15, 0.2) is 60.7 Å². The second-order valence-corrected chi connectivity index (χ2v) is 11.9. The number of anilines is 2. The summed E-state index contributed by atoms with van der Waals surface area (Å²) >= 11 is 0. The number of nitrogens with two attached hydrogens (primary N) is 1. The number of hydrogen-bond acceptors (Lipinski definition) is 7. The zero-order valence-corrected chi connectivity index (χ0v) is 26.8. The third-order valence-corrected chi connectivity index (χ3v) is 8.31. The van der Waals surface area contributed by atoms with E-state index in [0.29, 0.717) is 30.7 Å². The van der Waals surface area contributed by atoms with Gasteiger partial charge in [0.1, 0.15) is 0 Å². The van der Waals surface area contributed by atoms with Crippen LogP contribution in [0.2, 0.25) is 0 Å². The zero-order valence-electron chi connectivity index (χ0n) is 26.8. The van der Waals surface area contributed by atoms with Crippen LogP contribution >= 0.6 is 0 Å². The van der Waals surface area contributed by atoms with Crippen LogP contribution in [0.1, 0.15) is 57.8 Å². The normalized spacial score (nSPS) is 15.6. The predicted octanol–water partition coefficient (Wildman–Crippen LogP) is 7.56. The van der Waals surface area contributed by atoms with Crippen LogP contribution in [0, 0.1) is 6.92 Å². The van der Waals surface area contributed by atoms with Crippen LogP contribution in [-0.4, -0.2) is 46.4 Å². The van der Waals surface area contributed by atoms with Crippen molar-refractivity contribution in [1.82, 2.24) is 20.2 Å². The number of alkyl halides is 9. The van der Waals surface area contributed by atoms with Crippen molar-refractivity contribution in [3.8, 4) is 0 Å². The lowest BCUT2D eigenvalue weighted by Crippen LogP contribution is -2.31. The molecule has 8 nitrogen and oxygen atoms in total. The molecule has 0 amide bonds. The van der Waals surface area contributed by atoms with Gasteiger partial charge in [-0.25, -0.2) is 0 Å². The van der Waals surface area contributed by atoms with E-state index in [-0.39, 0.29) is 68.1 Å². The number of tetrazole rings is 1. The monoisotopic (exact) mass is 715 g/mol. The van der Waals surface area contributed by atoms with Crippen LogP contribution < -0.4 is 15.5 Å². The van der Waals surface area contributed by atoms with E-state index in [9.17, 15) is 39.5 Å². The molecule has 0 saturated carbocycles. The van der Waals surface area contributed by atoms with Gasteiger partial charge in [-0.2, -0.15) is 44.3 Å². The highest BCUT2D eigenvalue weighted by molar-refractivity contribution is 5.62. The molecule has 0 aliphatic carbocycles. The maximum absolute atomic E-state index is 14.2. The van der Waals surface area contributed by atoms with E-state index in [0.717, 1.165) is 16.4 Å². The van der Waals surface area contributed by atoms with Crippen LogP contribution in [-0.2, 0) is 43.0 Å². The van der Waals surface area contributed by atoms with Crippen LogP contribution in [0.3, 0.4) is 0 Å². The molecule has 2 N–H and O–H groups in total. The van der Waals surface area contributed by atoms with Crippen molar-refractivity contribution >= 4 is 11.6 Å². The Labute approximate surface area is 281 Å². The second-order valence-electron chi connectivity index (χ2n) is 11.9. The fourth-order valence-electron chi connectivity index (χ4n) is 6.00. The van der Waals surface area contributed by atoms with E-state index in [4.69, 9.17) is 10.5 Å². The molecule has 1 aliphatic rings. The van der Waals surface area contributed by atoms with E-state index in [2.05, 4.69) is 15.4 Å². The molecule has 1 aliphatic heterocycles. The molecular weight excluding hydrogens is 681 g/mol. The lowest BCUT2D eigenvalue weighted by atomic mass is 9.94. The van der Waals surface area contributed by atoms with Gasteiger partial charge in [0.15, 0.2) is 0 Å². The molecule has 2 heterocycles. The predicted molar refractivity (Wildman–Crippen MR) is 166 cm³/mol. The maximum Gasteiger partial charge on any atom is 0.416 e. The Morgan fingerprint density at radius 3 is 2.16 bits per heavy atom. The number of benzene rings is 3. The minimum atomic E-state index is -5.09. The average Bonchev–Trinajstić information content (AvgIpc) is 3.43. The van der Waals surface area contributed by atoms with Gasteiger partial charge in [-0.3, -0.25) is 0 Å². The Kier molecular flexibility index (Phi) is 11.0. The molecule has 0 spiro atoms. The summed E-state index contributed by atoms with van der Waals surface area (Å²) in [5, 5.41) is 12.3. The molecule has 50 heavy (non-hydrogen) atoms. The summed E-state index contributed by atoms with van der Waals surface area (Å²) in [5.74, 6) is -0.141. The molecule has 0 saturated heterocycles. The first-order chi connectivity index (χ1) is 23.5. The number of aromatic nitrogens is 4. The van der Waals surface area contributed by atoms with Gasteiger partial charge in [0, 0.05) is 31.9 Å². The van der Waals surface area contributed by atoms with Gasteiger partial charge in [-0.15, -0.1) is 5.10 Å². The third-order valence-electron chi connectivity index (χ3n) is 8.31. The summed E-state index contributed by atoms with van der Waals surface area (Å²) in [7, 11) is 0. The van der Waals surface area contributed by atoms with E-state index >= 15 is 0 Å². The van der Waals surface area contributed by atoms with E-state index in [1.54, 1.807) is 4.90 Å². The molecule has 270 valence electrons. The van der Waals surface area contributed by atoms with Crippen LogP contribution in [0.4, 0.5) is 51.1 Å². The van der Waals surface area contributed by atoms with Gasteiger partial charge < -0.3 is 20.3 Å². The van der Waals surface area contributed by atoms with Gasteiger partial charge in [-0.05, 0) is 71.5 Å². The molecule has 0 radical (unpaired) electrons. The van der Waals surface area contributed by atoms with Gasteiger partial charge in [-0.1, -0.05) is 41.5 Å². The summed E-state index contributed by atoms with van der Waals surface area (Å²) in [6, 6.07) is 12.1. The molecule has 17 heteroatoms. The zero-order chi connectivity index (χ0) is 36.3. The van der Waals surface area contributed by atoms with E-state index in [1.165, 1.54) is 17.9 Å². The highest BCUT2D eigenvalue weighted by Gasteiger charge is 2.39. The van der Waals surface area contributed by atoms with E-state index < -0.39 is 47.8 Å². The van der Waals surface area contributed by atoms with Gasteiger partial charge in [0.2, 0.25) is 0 Å². The Bertz CT molecular complexity index is 1710. The van der Waals surface area contributed by atoms with Crippen molar-refractivity contribution in [2.45, 2.75) is 64.0 Å². The first-order valence-corrected chi connectivity index (χ1v) is 15.7. The van der Waals surface area contributed by atoms with E-state index in [1.807, 2.05) is 30.3 Å². The van der Waals surface area contributed by atoms with Gasteiger partial charge in [0.25, 0.3) is 5.95 Å². The Balaban J connectivity index is 1.58. The molecule has 1 atom stereocenters. The Hall–Kier alpha value is -4.38. The topological polar surface area (TPSA) is 85.3 Å². The number of halogens is 9. The van der Waals surface area contributed by atoms with Crippen LogP contribution in [0.25, 0.3) is 0 Å². The second kappa shape index (κ2) is 14.8. The van der Waals surface area contributed by atoms with Gasteiger partial charge >= 0.3 is 18.5 Å². The van der Waals surface area contributed by atoms with Gasteiger partial charge in [0.05, 0.1) is 42.5 Å². The number of aryl methyl sites for hydroxylation is 1. The largest absolute Gasteiger partial charge is 0.416 e. The molecule has 4 aromatic rings. The Morgan fingerprint density at radius 2 is 1.54 bits per heavy atom. The van der Waals surface area contributed by atoms with Crippen molar-refractivity contribution in [2.75, 3.05) is 36.0 Å². The summed E-state index contributed by atoms with van der Waals surface area (Å²) in [5.41, 5.74) is 2.74. The lowest BCUT2D eigenvalue weighted by molar-refractivity contribution is -0.143. The van der Waals surface area contributed by atoms with Crippen molar-refractivity contribution in [2.24, 2.45) is 5.73 Å². The highest BCUT2D eigenvalue weighted by Crippen LogP contribution is 2.44. The third kappa shape index (κ3) is 8.85. The average molecular weight is 716 g/mol. The van der Waals surface area contributed by atoms with Crippen molar-refractivity contribution < 1.29 is 44.3 Å². The molecule has 3 aromatic carbocycles. The molecule has 0 bridgehead atoms. The van der Waals surface area contributed by atoms with Crippen molar-refractivity contribution in [3.05, 3.63) is 99.6 Å². The number of fused-ring (bicyclic) bond motifs is 1. The van der Waals surface area contributed by atoms with Crippen LogP contribution in [0.5, 0.6) is 0 Å². The quantitative estimate of drug-likeness (QED) is 0.127. The fraction of sp³-hybridized carbons (Fsp3) is 0.424. The first-order valence-electron chi connectivity index (χ1n) is 15.7. The number of ether oxygens (including phenoxy) is 1. The standard InChI is InChI=1S/C33H34F9N7O/c1-21-14-26-28(8-5-10-47(29(26)18-27(21)33(40,41)42)12-13-50-20-22-6-3-2-4-7-22)48(30-44-46-49(45-30)11-9-43)19-23-15-24(31(34,35)36)17-25(16-23)32(37,38)39/h2-4,6-7,14-18,28H,5,8-13,19-20,43H2,1H3/t28-/m0/s1. The smallest absolute Gasteiger partial charge is 0.375 e. The minimum Gasteiger partial charge on any atom is -0.375 e. The summed E-state index contributed by atoms with van der Waals surface area (Å²) < 4.78 is 131. The molecular formula is C33H34F9N7O. The van der Waals surface area contributed by atoms with Crippen molar-refractivity contribution in [3.63, 3.8) is 0 Å². The maximum atomic E-state index is 14.2. The summed E-state index contributed by atoms with van der Waals surface area (Å²) in [4.78, 5) is 4.26. The van der Waals surface area contributed by atoms with Crippen molar-refractivity contribution in [1.29, 1.82) is 0 Å². The lowest BCUT2D eigenvalue weighted by Gasteiger charge is -2.33. The minimum absolute atomic E-state index is 0.0321. The fourth-order valence-corrected chi connectivity index (χ4v) is 6.00. The molecule has 0 fully saturated rings. The summed E-state index contributed by atoms with van der Waals surface area (Å²) in [6.45, 7) is 1.90. The number of hydrogen-bond donors (Lipinski definition) is 1. The highest BCUT2D eigenvalue weighted by atomic mass is 19.4. The Morgan fingerprint density at radius 1 is 0.860 bits per heavy atom. The molecule has 5 rings (SSSR count). The molecule has 1 aromatic heterocycles. The molecule has 0 unspecified atom stereocenters. The number of rotatable bonds is 11. The first kappa shape index (κ1) is 36.9. The number of nitrogens with zero attached hydrogens (tertiary/aromatic N) is 6. The summed E-state index contributed by atoms with van der Waals surface area (Å²) in [6.07, 6.45) is -14.2.